The smallest absolute Gasteiger partial charge is 0.411 e. The molecule has 12 nitrogen and oxygen atoms in total. The number of nitrogens with one attached hydrogen (secondary N) is 4. The number of aliphatic hydroxyl groups excluding tert-OH is 1. The molecule has 0 unspecified atom stereocenters. The molecule has 0 aliphatic heterocycles. The van der Waals surface area contributed by atoms with Gasteiger partial charge in [-0.05, 0) is 60.5 Å². The van der Waals surface area contributed by atoms with E-state index in [9.17, 15) is 24.6 Å². The molecular formula is C29H34N4O8. The number of aliphatic hydroxyl groups is 1. The predicted molar refractivity (Wildman–Crippen MR) is 154 cm³/mol. The quantitative estimate of drug-likeness (QED) is 0.0964. The summed E-state index contributed by atoms with van der Waals surface area (Å²) in [5.41, 5.74) is 3.42. The monoisotopic (exact) mass is 566 g/mol. The van der Waals surface area contributed by atoms with Gasteiger partial charge in [0.15, 0.2) is 0 Å². The summed E-state index contributed by atoms with van der Waals surface area (Å²) in [6.07, 6.45) is -0.792. The summed E-state index contributed by atoms with van der Waals surface area (Å²) in [7, 11) is 2.59. The molecule has 0 aromatic heterocycles. The van der Waals surface area contributed by atoms with Gasteiger partial charge in [-0.25, -0.2) is 9.59 Å². The summed E-state index contributed by atoms with van der Waals surface area (Å²) in [5.74, 6) is 0.266. The van der Waals surface area contributed by atoms with Crippen molar-refractivity contribution in [3.63, 3.8) is 0 Å². The average Bonchev–Trinajstić information content (AvgIpc) is 2.98. The van der Waals surface area contributed by atoms with E-state index >= 15 is 0 Å². The van der Waals surface area contributed by atoms with E-state index in [4.69, 9.17) is 4.74 Å². The lowest BCUT2D eigenvalue weighted by Crippen LogP contribution is -2.32. The molecule has 3 rings (SSSR count). The van der Waals surface area contributed by atoms with Crippen molar-refractivity contribution < 1.29 is 38.8 Å². The Morgan fingerprint density at radius 3 is 1.95 bits per heavy atom. The van der Waals surface area contributed by atoms with Crippen molar-refractivity contribution in [1.29, 1.82) is 0 Å². The molecular weight excluding hydrogens is 532 g/mol. The molecule has 6 N–H and O–H groups in total. The first-order chi connectivity index (χ1) is 19.8. The van der Waals surface area contributed by atoms with Gasteiger partial charge in [-0.2, -0.15) is 0 Å². The van der Waals surface area contributed by atoms with Crippen LogP contribution in [0.1, 0.15) is 23.5 Å². The number of phenols is 1. The maximum atomic E-state index is 11.5. The van der Waals surface area contributed by atoms with Crippen LogP contribution in [0, 0.1) is 0 Å². The van der Waals surface area contributed by atoms with E-state index in [2.05, 4.69) is 30.7 Å². The number of rotatable bonds is 14. The van der Waals surface area contributed by atoms with E-state index < -0.39 is 18.3 Å². The highest BCUT2D eigenvalue weighted by Crippen LogP contribution is 2.30. The molecule has 0 heterocycles. The fraction of sp³-hybridized carbons (Fsp3) is 0.276. The Balaban J connectivity index is 1.60. The second-order valence-electron chi connectivity index (χ2n) is 8.93. The summed E-state index contributed by atoms with van der Waals surface area (Å²) in [4.78, 5) is 33.7. The first kappa shape index (κ1) is 30.7. The highest BCUT2D eigenvalue weighted by atomic mass is 16.5. The van der Waals surface area contributed by atoms with Gasteiger partial charge < -0.3 is 35.1 Å². The zero-order valence-corrected chi connectivity index (χ0v) is 22.8. The van der Waals surface area contributed by atoms with Crippen molar-refractivity contribution in [2.24, 2.45) is 0 Å². The molecule has 0 saturated heterocycles. The van der Waals surface area contributed by atoms with Crippen LogP contribution >= 0.6 is 0 Å². The number of hydrogen-bond acceptors (Lipinski definition) is 9. The number of ether oxygens (including phenoxy) is 3. The minimum Gasteiger partial charge on any atom is -0.506 e. The molecule has 0 radical (unpaired) electrons. The molecule has 3 aromatic rings. The molecule has 1 atom stereocenters. The highest BCUT2D eigenvalue weighted by Gasteiger charge is 2.16. The van der Waals surface area contributed by atoms with Crippen molar-refractivity contribution >= 4 is 35.7 Å². The summed E-state index contributed by atoms with van der Waals surface area (Å²) in [6, 6.07) is 19.2. The molecule has 0 spiro atoms. The van der Waals surface area contributed by atoms with Gasteiger partial charge >= 0.3 is 12.2 Å². The van der Waals surface area contributed by atoms with Crippen LogP contribution in [-0.4, -0.2) is 68.8 Å². The van der Waals surface area contributed by atoms with E-state index in [0.29, 0.717) is 36.5 Å². The van der Waals surface area contributed by atoms with E-state index in [-0.39, 0.29) is 30.5 Å². The minimum absolute atomic E-state index is 0.00501. The fourth-order valence-electron chi connectivity index (χ4n) is 4.01. The average molecular weight is 567 g/mol. The zero-order chi connectivity index (χ0) is 29.6. The van der Waals surface area contributed by atoms with Crippen LogP contribution in [0.4, 0.5) is 26.7 Å². The number of methoxy groups -OCH3 is 2. The normalized spacial score (nSPS) is 11.3. The molecule has 12 heteroatoms. The third-order valence-corrected chi connectivity index (χ3v) is 6.10. The van der Waals surface area contributed by atoms with Crippen molar-refractivity contribution in [2.45, 2.75) is 18.4 Å². The Morgan fingerprint density at radius 1 is 0.878 bits per heavy atom. The fourth-order valence-corrected chi connectivity index (χ4v) is 4.01. The van der Waals surface area contributed by atoms with Crippen molar-refractivity contribution in [1.82, 2.24) is 5.32 Å². The van der Waals surface area contributed by atoms with Crippen LogP contribution in [0.15, 0.2) is 66.7 Å². The van der Waals surface area contributed by atoms with Crippen LogP contribution in [-0.2, 0) is 14.3 Å². The summed E-state index contributed by atoms with van der Waals surface area (Å²) < 4.78 is 14.9. The van der Waals surface area contributed by atoms with Crippen LogP contribution in [0.25, 0.3) is 0 Å². The van der Waals surface area contributed by atoms with Gasteiger partial charge in [0.1, 0.15) is 24.2 Å². The molecule has 218 valence electrons. The van der Waals surface area contributed by atoms with Gasteiger partial charge in [0.05, 0.1) is 19.9 Å². The molecule has 0 aliphatic carbocycles. The van der Waals surface area contributed by atoms with Gasteiger partial charge in [0.2, 0.25) is 6.41 Å². The number of aromatic hydroxyl groups is 1. The Hall–Kier alpha value is -4.81. The predicted octanol–water partition coefficient (Wildman–Crippen LogP) is 3.87. The Morgan fingerprint density at radius 2 is 1.44 bits per heavy atom. The van der Waals surface area contributed by atoms with Crippen molar-refractivity contribution in [3.05, 3.63) is 77.9 Å². The lowest BCUT2D eigenvalue weighted by molar-refractivity contribution is -0.105. The standard InChI is InChI=1S/C29H34N4O8/c1-39-28(37)32-21-7-3-19(4-8-21)25(20-5-9-22(10-6-20)33-29(38)40-2)13-14-30-16-23(35)17-41-24-11-12-27(36)26(15-24)31-18-34/h3-12,15,18,23,25,30,35-36H,13-14,16-17H2,1-2H3,(H,31,34)(H,32,37)(H,33,38)/t23-/m0/s1. The lowest BCUT2D eigenvalue weighted by atomic mass is 9.88. The molecule has 3 aromatic carbocycles. The largest absolute Gasteiger partial charge is 0.506 e. The Bertz CT molecular complexity index is 1220. The van der Waals surface area contributed by atoms with Gasteiger partial charge in [-0.3, -0.25) is 15.4 Å². The van der Waals surface area contributed by atoms with E-state index in [1.807, 2.05) is 24.3 Å². The van der Waals surface area contributed by atoms with Gasteiger partial charge in [-0.15, -0.1) is 0 Å². The third-order valence-electron chi connectivity index (χ3n) is 6.10. The van der Waals surface area contributed by atoms with Gasteiger partial charge in [-0.1, -0.05) is 24.3 Å². The lowest BCUT2D eigenvalue weighted by Gasteiger charge is -2.20. The Labute approximate surface area is 237 Å². The van der Waals surface area contributed by atoms with Crippen LogP contribution in [0.3, 0.4) is 0 Å². The second-order valence-corrected chi connectivity index (χ2v) is 8.93. The first-order valence-electron chi connectivity index (χ1n) is 12.8. The van der Waals surface area contributed by atoms with Gasteiger partial charge in [0.25, 0.3) is 0 Å². The summed E-state index contributed by atoms with van der Waals surface area (Å²) >= 11 is 0. The van der Waals surface area contributed by atoms with Crippen molar-refractivity contribution in [2.75, 3.05) is 49.9 Å². The molecule has 41 heavy (non-hydrogen) atoms. The maximum absolute atomic E-state index is 11.5. The zero-order valence-electron chi connectivity index (χ0n) is 22.8. The number of benzene rings is 3. The number of phenolic OH excluding ortho intramolecular Hbond substituents is 1. The van der Waals surface area contributed by atoms with Gasteiger partial charge in [0, 0.05) is 29.9 Å². The van der Waals surface area contributed by atoms with Crippen LogP contribution in [0.5, 0.6) is 11.5 Å². The van der Waals surface area contributed by atoms with E-state index in [0.717, 1.165) is 11.1 Å². The summed E-state index contributed by atoms with van der Waals surface area (Å²) in [6.45, 7) is 0.845. The third kappa shape index (κ3) is 9.71. The molecule has 0 aliphatic rings. The topological polar surface area (TPSA) is 167 Å². The number of anilines is 3. The van der Waals surface area contributed by atoms with Crippen molar-refractivity contribution in [3.8, 4) is 11.5 Å². The molecule has 0 fully saturated rings. The number of carbonyl (C=O) groups excluding carboxylic acids is 3. The number of hydrogen-bond donors (Lipinski definition) is 6. The number of carbonyl (C=O) groups is 3. The summed E-state index contributed by atoms with van der Waals surface area (Å²) in [5, 5.41) is 31.0. The Kier molecular flexibility index (Phi) is 11.8. The highest BCUT2D eigenvalue weighted by molar-refractivity contribution is 5.85. The maximum Gasteiger partial charge on any atom is 0.411 e. The SMILES string of the molecule is COC(=O)Nc1ccc(C(CCNC[C@H](O)COc2ccc(O)c(NC=O)c2)c2ccc(NC(=O)OC)cc2)cc1. The molecule has 0 bridgehead atoms. The minimum atomic E-state index is -0.808. The first-order valence-corrected chi connectivity index (χ1v) is 12.8. The van der Waals surface area contributed by atoms with E-state index in [1.54, 1.807) is 24.3 Å². The molecule has 0 saturated carbocycles. The van der Waals surface area contributed by atoms with E-state index in [1.165, 1.54) is 32.4 Å². The number of amides is 3. The second kappa shape index (κ2) is 15.7. The molecule has 3 amide bonds. The van der Waals surface area contributed by atoms with Crippen LogP contribution in [0.2, 0.25) is 0 Å². The van der Waals surface area contributed by atoms with Crippen LogP contribution < -0.4 is 26.0 Å².